The van der Waals surface area contributed by atoms with E-state index >= 15 is 0 Å². The van der Waals surface area contributed by atoms with Crippen LogP contribution in [0.3, 0.4) is 0 Å². The molecule has 0 spiro atoms. The molecule has 2 aromatic rings. The highest BCUT2D eigenvalue weighted by atomic mass is 79.9. The number of nitriles is 1. The predicted molar refractivity (Wildman–Crippen MR) is 87.2 cm³/mol. The number of ether oxygens (including phenoxy) is 2. The Morgan fingerprint density at radius 1 is 1.10 bits per heavy atom. The van der Waals surface area contributed by atoms with E-state index in [-0.39, 0.29) is 0 Å². The SMILES string of the molecule is COc1ccc(OC)c(/C=C(\C#N)c2ccc(Br)cc2)c1. The minimum atomic E-state index is 0.564. The van der Waals surface area contributed by atoms with Crippen LogP contribution in [0.2, 0.25) is 0 Å². The normalized spacial score (nSPS) is 10.9. The van der Waals surface area contributed by atoms with Crippen LogP contribution in [0.25, 0.3) is 11.6 Å². The fourth-order valence-corrected chi connectivity index (χ4v) is 2.18. The minimum absolute atomic E-state index is 0.564. The molecule has 0 radical (unpaired) electrons. The Bertz CT molecular complexity index is 700. The molecule has 0 aliphatic rings. The molecule has 0 aliphatic heterocycles. The molecule has 0 saturated heterocycles. The Morgan fingerprint density at radius 2 is 1.81 bits per heavy atom. The van der Waals surface area contributed by atoms with E-state index in [0.29, 0.717) is 11.3 Å². The molecule has 0 N–H and O–H groups in total. The van der Waals surface area contributed by atoms with Gasteiger partial charge in [0.2, 0.25) is 0 Å². The van der Waals surface area contributed by atoms with E-state index in [2.05, 4.69) is 22.0 Å². The molecule has 2 rings (SSSR count). The van der Waals surface area contributed by atoms with Crippen LogP contribution in [0.5, 0.6) is 11.5 Å². The minimum Gasteiger partial charge on any atom is -0.497 e. The lowest BCUT2D eigenvalue weighted by atomic mass is 10.0. The number of methoxy groups -OCH3 is 2. The fraction of sp³-hybridized carbons (Fsp3) is 0.118. The van der Waals surface area contributed by atoms with Gasteiger partial charge in [-0.25, -0.2) is 0 Å². The first-order valence-electron chi connectivity index (χ1n) is 6.27. The summed E-state index contributed by atoms with van der Waals surface area (Å²) in [5.74, 6) is 1.41. The zero-order valence-corrected chi connectivity index (χ0v) is 13.3. The van der Waals surface area contributed by atoms with Crippen molar-refractivity contribution >= 4 is 27.6 Å². The Labute approximate surface area is 132 Å². The quantitative estimate of drug-likeness (QED) is 0.604. The summed E-state index contributed by atoms with van der Waals surface area (Å²) in [6.45, 7) is 0. The molecule has 0 aliphatic carbocycles. The van der Waals surface area contributed by atoms with Gasteiger partial charge in [-0.15, -0.1) is 0 Å². The van der Waals surface area contributed by atoms with Gasteiger partial charge in [0.05, 0.1) is 25.9 Å². The third-order valence-electron chi connectivity index (χ3n) is 3.01. The van der Waals surface area contributed by atoms with Crippen LogP contribution in [0, 0.1) is 11.3 Å². The molecule has 0 aromatic heterocycles. The first-order chi connectivity index (χ1) is 10.2. The molecule has 4 heteroatoms. The highest BCUT2D eigenvalue weighted by Gasteiger charge is 2.06. The van der Waals surface area contributed by atoms with Crippen molar-refractivity contribution in [2.24, 2.45) is 0 Å². The van der Waals surface area contributed by atoms with Crippen LogP contribution >= 0.6 is 15.9 Å². The smallest absolute Gasteiger partial charge is 0.126 e. The van der Waals surface area contributed by atoms with Gasteiger partial charge in [-0.05, 0) is 42.0 Å². The number of halogens is 1. The number of allylic oxidation sites excluding steroid dienone is 1. The van der Waals surface area contributed by atoms with Gasteiger partial charge in [0.1, 0.15) is 11.5 Å². The van der Waals surface area contributed by atoms with Crippen molar-refractivity contribution in [1.82, 2.24) is 0 Å². The van der Waals surface area contributed by atoms with Crippen molar-refractivity contribution in [2.45, 2.75) is 0 Å². The molecule has 0 fully saturated rings. The summed E-state index contributed by atoms with van der Waals surface area (Å²) >= 11 is 3.39. The third-order valence-corrected chi connectivity index (χ3v) is 3.54. The summed E-state index contributed by atoms with van der Waals surface area (Å²) in [7, 11) is 3.21. The van der Waals surface area contributed by atoms with E-state index in [4.69, 9.17) is 9.47 Å². The van der Waals surface area contributed by atoms with Crippen molar-refractivity contribution in [2.75, 3.05) is 14.2 Å². The lowest BCUT2D eigenvalue weighted by Gasteiger charge is -2.08. The van der Waals surface area contributed by atoms with Gasteiger partial charge in [-0.2, -0.15) is 5.26 Å². The zero-order valence-electron chi connectivity index (χ0n) is 11.8. The molecule has 0 bridgehead atoms. The van der Waals surface area contributed by atoms with Gasteiger partial charge in [0, 0.05) is 10.0 Å². The number of hydrogen-bond acceptors (Lipinski definition) is 3. The third kappa shape index (κ3) is 3.65. The van der Waals surface area contributed by atoms with Gasteiger partial charge < -0.3 is 9.47 Å². The average Bonchev–Trinajstić information content (AvgIpc) is 2.53. The van der Waals surface area contributed by atoms with Crippen LogP contribution < -0.4 is 9.47 Å². The lowest BCUT2D eigenvalue weighted by molar-refractivity contribution is 0.402. The summed E-state index contributed by atoms with van der Waals surface area (Å²) < 4.78 is 11.5. The number of hydrogen-bond donors (Lipinski definition) is 0. The molecule has 3 nitrogen and oxygen atoms in total. The second-order valence-corrected chi connectivity index (χ2v) is 5.20. The highest BCUT2D eigenvalue weighted by molar-refractivity contribution is 9.10. The molecular formula is C17H14BrNO2. The van der Waals surface area contributed by atoms with Crippen molar-refractivity contribution in [1.29, 1.82) is 5.26 Å². The Kier molecular flexibility index (Phi) is 5.02. The van der Waals surface area contributed by atoms with E-state index < -0.39 is 0 Å². The summed E-state index contributed by atoms with van der Waals surface area (Å²) in [4.78, 5) is 0. The van der Waals surface area contributed by atoms with Crippen molar-refractivity contribution in [3.63, 3.8) is 0 Å². The van der Waals surface area contributed by atoms with E-state index in [9.17, 15) is 5.26 Å². The molecular weight excluding hydrogens is 330 g/mol. The fourth-order valence-electron chi connectivity index (χ4n) is 1.92. The van der Waals surface area contributed by atoms with Crippen LogP contribution in [-0.2, 0) is 0 Å². The lowest BCUT2D eigenvalue weighted by Crippen LogP contribution is -1.90. The zero-order chi connectivity index (χ0) is 15.2. The Morgan fingerprint density at radius 3 is 2.38 bits per heavy atom. The van der Waals surface area contributed by atoms with Crippen LogP contribution in [0.1, 0.15) is 11.1 Å². The number of nitrogens with zero attached hydrogens (tertiary/aromatic N) is 1. The van der Waals surface area contributed by atoms with Crippen molar-refractivity contribution in [3.8, 4) is 17.6 Å². The first kappa shape index (κ1) is 15.1. The maximum Gasteiger partial charge on any atom is 0.126 e. The molecule has 0 atom stereocenters. The van der Waals surface area contributed by atoms with E-state index in [0.717, 1.165) is 21.3 Å². The van der Waals surface area contributed by atoms with Crippen molar-refractivity contribution < 1.29 is 9.47 Å². The van der Waals surface area contributed by atoms with Crippen LogP contribution in [0.4, 0.5) is 0 Å². The van der Waals surface area contributed by atoms with E-state index in [1.54, 1.807) is 20.3 Å². The molecule has 0 amide bonds. The van der Waals surface area contributed by atoms with Crippen LogP contribution in [-0.4, -0.2) is 14.2 Å². The summed E-state index contributed by atoms with van der Waals surface area (Å²) in [6, 6.07) is 15.3. The standard InChI is InChI=1S/C17H14BrNO2/c1-20-16-7-8-17(21-2)13(10-16)9-14(11-19)12-3-5-15(18)6-4-12/h3-10H,1-2H3/b14-9+. The first-order valence-corrected chi connectivity index (χ1v) is 7.07. The molecule has 0 unspecified atom stereocenters. The second-order valence-electron chi connectivity index (χ2n) is 4.28. The van der Waals surface area contributed by atoms with E-state index in [1.165, 1.54) is 0 Å². The summed E-state index contributed by atoms with van der Waals surface area (Å²) in [6.07, 6.45) is 1.80. The molecule has 21 heavy (non-hydrogen) atoms. The number of rotatable bonds is 4. The monoisotopic (exact) mass is 343 g/mol. The topological polar surface area (TPSA) is 42.2 Å². The summed E-state index contributed by atoms with van der Waals surface area (Å²) in [5, 5.41) is 9.40. The Balaban J connectivity index is 2.49. The Hall–Kier alpha value is -2.25. The molecule has 0 heterocycles. The molecule has 2 aromatic carbocycles. The second kappa shape index (κ2) is 6.96. The van der Waals surface area contributed by atoms with Gasteiger partial charge in [0.15, 0.2) is 0 Å². The predicted octanol–water partition coefficient (Wildman–Crippen LogP) is 4.53. The average molecular weight is 344 g/mol. The molecule has 106 valence electrons. The summed E-state index contributed by atoms with van der Waals surface area (Å²) in [5.41, 5.74) is 2.22. The maximum atomic E-state index is 9.40. The van der Waals surface area contributed by atoms with Gasteiger partial charge in [-0.3, -0.25) is 0 Å². The van der Waals surface area contributed by atoms with Gasteiger partial charge in [0.25, 0.3) is 0 Å². The van der Waals surface area contributed by atoms with Gasteiger partial charge >= 0.3 is 0 Å². The van der Waals surface area contributed by atoms with Crippen LogP contribution in [0.15, 0.2) is 46.9 Å². The number of benzene rings is 2. The highest BCUT2D eigenvalue weighted by Crippen LogP contribution is 2.28. The van der Waals surface area contributed by atoms with E-state index in [1.807, 2.05) is 42.5 Å². The maximum absolute atomic E-state index is 9.40. The largest absolute Gasteiger partial charge is 0.497 e. The molecule has 0 saturated carbocycles. The van der Waals surface area contributed by atoms with Crippen molar-refractivity contribution in [3.05, 3.63) is 58.1 Å². The van der Waals surface area contributed by atoms with Gasteiger partial charge in [-0.1, -0.05) is 28.1 Å².